The van der Waals surface area contributed by atoms with Crippen LogP contribution >= 0.6 is 11.8 Å². The highest BCUT2D eigenvalue weighted by Gasteiger charge is 2.12. The van der Waals surface area contributed by atoms with Gasteiger partial charge in [-0.2, -0.15) is 9.61 Å². The molecule has 31 heavy (non-hydrogen) atoms. The second-order valence-electron chi connectivity index (χ2n) is 6.94. The van der Waals surface area contributed by atoms with Crippen LogP contribution in [0.4, 0.5) is 0 Å². The third-order valence-electron chi connectivity index (χ3n) is 4.85. The highest BCUT2D eigenvalue weighted by atomic mass is 32.2. The Bertz CT molecular complexity index is 1190. The second kappa shape index (κ2) is 9.61. The van der Waals surface area contributed by atoms with Crippen molar-refractivity contribution in [3.05, 3.63) is 71.8 Å². The Balaban J connectivity index is 1.41. The summed E-state index contributed by atoms with van der Waals surface area (Å²) in [4.78, 5) is 12.3. The van der Waals surface area contributed by atoms with Crippen molar-refractivity contribution >= 4 is 23.3 Å². The first kappa shape index (κ1) is 20.9. The van der Waals surface area contributed by atoms with Gasteiger partial charge >= 0.3 is 0 Å². The number of hydrogen-bond acceptors (Lipinski definition) is 6. The average molecular weight is 434 g/mol. The van der Waals surface area contributed by atoms with Crippen LogP contribution in [-0.4, -0.2) is 38.6 Å². The van der Waals surface area contributed by atoms with Crippen molar-refractivity contribution in [2.45, 2.75) is 25.0 Å². The number of carbonyl (C=O) groups is 1. The van der Waals surface area contributed by atoms with Crippen molar-refractivity contribution in [1.29, 1.82) is 0 Å². The third-order valence-corrected chi connectivity index (χ3v) is 5.77. The van der Waals surface area contributed by atoms with Gasteiger partial charge in [-0.15, -0.1) is 10.2 Å². The summed E-state index contributed by atoms with van der Waals surface area (Å²) in [5.41, 5.74) is 4.77. The van der Waals surface area contributed by atoms with Gasteiger partial charge < -0.3 is 10.1 Å². The Morgan fingerprint density at radius 1 is 1.06 bits per heavy atom. The van der Waals surface area contributed by atoms with Crippen molar-refractivity contribution in [1.82, 2.24) is 25.1 Å². The molecule has 0 aliphatic rings. The SMILES string of the molecule is CCc1ccc(-c2ccc3nnc(SCC(=O)NCc4cccc(OC)c4)n3n2)cc1. The van der Waals surface area contributed by atoms with Crippen LogP contribution in [0.25, 0.3) is 16.9 Å². The zero-order chi connectivity index (χ0) is 21.6. The van der Waals surface area contributed by atoms with E-state index in [0.717, 1.165) is 29.0 Å². The lowest BCUT2D eigenvalue weighted by Gasteiger charge is -2.07. The topological polar surface area (TPSA) is 81.4 Å². The summed E-state index contributed by atoms with van der Waals surface area (Å²) in [7, 11) is 1.62. The first-order valence-electron chi connectivity index (χ1n) is 10.0. The van der Waals surface area contributed by atoms with E-state index in [1.807, 2.05) is 36.4 Å². The average Bonchev–Trinajstić information content (AvgIpc) is 3.24. The monoisotopic (exact) mass is 433 g/mol. The number of thioether (sulfide) groups is 1. The smallest absolute Gasteiger partial charge is 0.230 e. The van der Waals surface area contributed by atoms with Crippen LogP contribution in [0, 0.1) is 0 Å². The first-order valence-corrected chi connectivity index (χ1v) is 11.0. The van der Waals surface area contributed by atoms with Crippen LogP contribution < -0.4 is 10.1 Å². The minimum Gasteiger partial charge on any atom is -0.497 e. The number of aryl methyl sites for hydroxylation is 1. The molecule has 0 unspecified atom stereocenters. The summed E-state index contributed by atoms with van der Waals surface area (Å²) in [6.07, 6.45) is 0.999. The molecule has 0 saturated carbocycles. The number of amides is 1. The Morgan fingerprint density at radius 3 is 2.68 bits per heavy atom. The number of nitrogens with zero attached hydrogens (tertiary/aromatic N) is 4. The maximum absolute atomic E-state index is 12.3. The van der Waals surface area contributed by atoms with Crippen LogP contribution in [0.3, 0.4) is 0 Å². The van der Waals surface area contributed by atoms with E-state index in [9.17, 15) is 4.79 Å². The van der Waals surface area contributed by atoms with Gasteiger partial charge in [-0.25, -0.2) is 0 Å². The summed E-state index contributed by atoms with van der Waals surface area (Å²) in [6, 6.07) is 19.8. The lowest BCUT2D eigenvalue weighted by molar-refractivity contribution is -0.118. The summed E-state index contributed by atoms with van der Waals surface area (Å²) in [6.45, 7) is 2.57. The van der Waals surface area contributed by atoms with Crippen molar-refractivity contribution in [2.24, 2.45) is 0 Å². The van der Waals surface area contributed by atoms with Crippen LogP contribution in [0.15, 0.2) is 65.8 Å². The van der Waals surface area contributed by atoms with Gasteiger partial charge in [0.25, 0.3) is 0 Å². The molecule has 2 heterocycles. The molecule has 158 valence electrons. The number of fused-ring (bicyclic) bond motifs is 1. The Labute approximate surface area is 184 Å². The molecule has 0 spiro atoms. The highest BCUT2D eigenvalue weighted by molar-refractivity contribution is 7.99. The van der Waals surface area contributed by atoms with E-state index in [0.29, 0.717) is 17.3 Å². The predicted octanol–water partition coefficient (Wildman–Crippen LogP) is 3.77. The van der Waals surface area contributed by atoms with E-state index in [4.69, 9.17) is 4.74 Å². The van der Waals surface area contributed by atoms with E-state index in [2.05, 4.69) is 51.8 Å². The van der Waals surface area contributed by atoms with Crippen molar-refractivity contribution < 1.29 is 9.53 Å². The first-order chi connectivity index (χ1) is 15.2. The fourth-order valence-corrected chi connectivity index (χ4v) is 3.81. The van der Waals surface area contributed by atoms with E-state index in [1.165, 1.54) is 17.3 Å². The van der Waals surface area contributed by atoms with Gasteiger partial charge in [0.15, 0.2) is 5.65 Å². The third kappa shape index (κ3) is 5.03. The van der Waals surface area contributed by atoms with Gasteiger partial charge in [0, 0.05) is 12.1 Å². The molecule has 1 amide bonds. The maximum Gasteiger partial charge on any atom is 0.230 e. The van der Waals surface area contributed by atoms with E-state index < -0.39 is 0 Å². The molecular weight excluding hydrogens is 410 g/mol. The lowest BCUT2D eigenvalue weighted by atomic mass is 10.1. The molecule has 8 heteroatoms. The lowest BCUT2D eigenvalue weighted by Crippen LogP contribution is -2.24. The van der Waals surface area contributed by atoms with Crippen molar-refractivity contribution in [3.8, 4) is 17.0 Å². The standard InChI is InChI=1S/C23H23N5O2S/c1-3-16-7-9-18(10-8-16)20-11-12-21-25-26-23(28(21)27-20)31-15-22(29)24-14-17-5-4-6-19(13-17)30-2/h4-13H,3,14-15H2,1-2H3,(H,24,29). The number of carbonyl (C=O) groups excluding carboxylic acids is 1. The maximum atomic E-state index is 12.3. The van der Waals surface area contributed by atoms with Crippen LogP contribution in [0.1, 0.15) is 18.1 Å². The van der Waals surface area contributed by atoms with Crippen LogP contribution in [-0.2, 0) is 17.8 Å². The fourth-order valence-electron chi connectivity index (χ4n) is 3.09. The number of methoxy groups -OCH3 is 1. The van der Waals surface area contributed by atoms with E-state index in [1.54, 1.807) is 11.6 Å². The molecule has 0 bridgehead atoms. The van der Waals surface area contributed by atoms with E-state index in [-0.39, 0.29) is 11.7 Å². The zero-order valence-corrected chi connectivity index (χ0v) is 18.2. The molecule has 0 atom stereocenters. The van der Waals surface area contributed by atoms with E-state index >= 15 is 0 Å². The van der Waals surface area contributed by atoms with Gasteiger partial charge in [-0.3, -0.25) is 4.79 Å². The number of benzene rings is 2. The number of aromatic nitrogens is 4. The van der Waals surface area contributed by atoms with Crippen molar-refractivity contribution in [2.75, 3.05) is 12.9 Å². The molecule has 1 N–H and O–H groups in total. The van der Waals surface area contributed by atoms with Gasteiger partial charge in [0.1, 0.15) is 5.75 Å². The second-order valence-corrected chi connectivity index (χ2v) is 7.88. The Kier molecular flexibility index (Phi) is 6.47. The molecule has 4 rings (SSSR count). The minimum absolute atomic E-state index is 0.0871. The predicted molar refractivity (Wildman–Crippen MR) is 121 cm³/mol. The number of rotatable bonds is 8. The molecule has 0 aliphatic heterocycles. The summed E-state index contributed by atoms with van der Waals surface area (Å²) in [5, 5.41) is 16.5. The summed E-state index contributed by atoms with van der Waals surface area (Å²) < 4.78 is 6.89. The largest absolute Gasteiger partial charge is 0.497 e. The van der Waals surface area contributed by atoms with Crippen LogP contribution in [0.5, 0.6) is 5.75 Å². The summed E-state index contributed by atoms with van der Waals surface area (Å²) in [5.74, 6) is 0.903. The van der Waals surface area contributed by atoms with Gasteiger partial charge in [-0.05, 0) is 41.8 Å². The summed E-state index contributed by atoms with van der Waals surface area (Å²) >= 11 is 1.31. The van der Waals surface area contributed by atoms with Gasteiger partial charge in [-0.1, -0.05) is 55.1 Å². The highest BCUT2D eigenvalue weighted by Crippen LogP contribution is 2.21. The number of ether oxygens (including phenoxy) is 1. The molecule has 4 aromatic rings. The minimum atomic E-state index is -0.0871. The number of nitrogens with one attached hydrogen (secondary N) is 1. The Morgan fingerprint density at radius 2 is 1.90 bits per heavy atom. The molecular formula is C23H23N5O2S. The molecule has 2 aromatic carbocycles. The normalized spacial score (nSPS) is 10.9. The van der Waals surface area contributed by atoms with Gasteiger partial charge in [0.05, 0.1) is 18.6 Å². The fraction of sp³-hybridized carbons (Fsp3) is 0.217. The number of hydrogen-bond donors (Lipinski definition) is 1. The molecule has 0 aliphatic carbocycles. The van der Waals surface area contributed by atoms with Crippen molar-refractivity contribution in [3.63, 3.8) is 0 Å². The molecule has 2 aromatic heterocycles. The Hall–Kier alpha value is -3.39. The quantitative estimate of drug-likeness (QED) is 0.426. The molecule has 7 nitrogen and oxygen atoms in total. The molecule has 0 saturated heterocycles. The zero-order valence-electron chi connectivity index (χ0n) is 17.4. The van der Waals surface area contributed by atoms with Crippen LogP contribution in [0.2, 0.25) is 0 Å². The molecule has 0 fully saturated rings. The van der Waals surface area contributed by atoms with Gasteiger partial charge in [0.2, 0.25) is 11.1 Å². The molecule has 0 radical (unpaired) electrons.